The maximum atomic E-state index is 11.7. The van der Waals surface area contributed by atoms with E-state index in [4.69, 9.17) is 12.2 Å². The van der Waals surface area contributed by atoms with Crippen LogP contribution in [0.25, 0.3) is 0 Å². The summed E-state index contributed by atoms with van der Waals surface area (Å²) in [4.78, 5) is 0. The molecule has 1 nitrogen and oxygen atoms in total. The van der Waals surface area contributed by atoms with Crippen molar-refractivity contribution in [1.82, 2.24) is 5.32 Å². The lowest BCUT2D eigenvalue weighted by molar-refractivity contribution is 0.467. The van der Waals surface area contributed by atoms with Crippen molar-refractivity contribution in [1.29, 1.82) is 0 Å². The Morgan fingerprint density at radius 3 is 2.50 bits per heavy atom. The highest BCUT2D eigenvalue weighted by Gasteiger charge is 2.35. The molecular formula is C5H10F3NS2Si. The fourth-order valence-electron chi connectivity index (χ4n) is 0.510. The Morgan fingerprint density at radius 1 is 1.50 bits per heavy atom. The van der Waals surface area contributed by atoms with Gasteiger partial charge in [-0.05, 0) is 6.42 Å². The summed E-state index contributed by atoms with van der Waals surface area (Å²) in [6, 6.07) is -0.591. The molecule has 7 heteroatoms. The number of rotatable bonds is 4. The molecule has 72 valence electrons. The van der Waals surface area contributed by atoms with E-state index in [1.165, 1.54) is 11.8 Å². The second kappa shape index (κ2) is 5.82. The second-order valence-corrected chi connectivity index (χ2v) is 5.61. The van der Waals surface area contributed by atoms with E-state index < -0.39 is 15.1 Å². The Morgan fingerprint density at radius 2 is 2.08 bits per heavy atom. The predicted octanol–water partition coefficient (Wildman–Crippen LogP) is 2.46. The number of thioether (sulfide) groups is 1. The Balaban J connectivity index is 3.28. The first-order valence-corrected chi connectivity index (χ1v) is 6.60. The van der Waals surface area contributed by atoms with E-state index in [0.29, 0.717) is 10.1 Å². The first-order valence-electron chi connectivity index (χ1n) is 3.37. The molecule has 0 aliphatic heterocycles. The fourth-order valence-corrected chi connectivity index (χ4v) is 2.21. The molecule has 0 radical (unpaired) electrons. The van der Waals surface area contributed by atoms with Gasteiger partial charge in [0.25, 0.3) is 0 Å². The van der Waals surface area contributed by atoms with E-state index in [1.807, 2.05) is 0 Å². The van der Waals surface area contributed by atoms with E-state index in [2.05, 4.69) is 5.32 Å². The van der Waals surface area contributed by atoms with E-state index >= 15 is 0 Å². The molecule has 0 aromatic heterocycles. The maximum absolute atomic E-state index is 11.7. The molecule has 0 aromatic carbocycles. The number of halogens is 3. The molecule has 0 aliphatic carbocycles. The number of thiocarbonyl (C=S) groups is 1. The smallest absolute Gasteiger partial charge is 0.374 e. The Hall–Kier alpha value is 0.247. The van der Waals surface area contributed by atoms with Crippen molar-refractivity contribution in [2.24, 2.45) is 0 Å². The topological polar surface area (TPSA) is 12.0 Å². The number of nitrogens with one attached hydrogen (secondary N) is 1. The third-order valence-electron chi connectivity index (χ3n) is 1.04. The molecule has 0 saturated carbocycles. The van der Waals surface area contributed by atoms with Crippen LogP contribution in [0.3, 0.4) is 0 Å². The molecule has 0 fully saturated rings. The minimum absolute atomic E-state index is 0.183. The van der Waals surface area contributed by atoms with Gasteiger partial charge in [0, 0.05) is 18.8 Å². The van der Waals surface area contributed by atoms with Crippen molar-refractivity contribution < 1.29 is 12.3 Å². The largest absolute Gasteiger partial charge is 0.616 e. The lowest BCUT2D eigenvalue weighted by Crippen LogP contribution is -2.15. The summed E-state index contributed by atoms with van der Waals surface area (Å²) < 4.78 is 35.8. The highest BCUT2D eigenvalue weighted by Crippen LogP contribution is 2.18. The molecule has 12 heavy (non-hydrogen) atoms. The summed E-state index contributed by atoms with van der Waals surface area (Å²) in [5.41, 5.74) is 0. The van der Waals surface area contributed by atoms with Gasteiger partial charge in [-0.1, -0.05) is 24.0 Å². The first kappa shape index (κ1) is 12.2. The SMILES string of the molecule is CNC(=S)SCCC[Si](F)(F)F. The summed E-state index contributed by atoms with van der Waals surface area (Å²) in [6.07, 6.45) is 0.183. The average Bonchev–Trinajstić information content (AvgIpc) is 1.96. The van der Waals surface area contributed by atoms with Crippen LogP contribution in [-0.4, -0.2) is 26.2 Å². The summed E-state index contributed by atoms with van der Waals surface area (Å²) in [5, 5.41) is 2.69. The molecular weight excluding hydrogens is 223 g/mol. The molecule has 0 unspecified atom stereocenters. The molecule has 0 atom stereocenters. The molecule has 0 heterocycles. The van der Waals surface area contributed by atoms with Gasteiger partial charge in [-0.2, -0.15) is 0 Å². The van der Waals surface area contributed by atoms with E-state index in [-0.39, 0.29) is 6.42 Å². The van der Waals surface area contributed by atoms with E-state index in [1.54, 1.807) is 7.05 Å². The normalized spacial score (nSPS) is 11.3. The Kier molecular flexibility index (Phi) is 5.94. The summed E-state index contributed by atoms with van der Waals surface area (Å²) in [5.74, 6) is 0.451. The van der Waals surface area contributed by atoms with Crippen LogP contribution in [0.15, 0.2) is 0 Å². The van der Waals surface area contributed by atoms with Crippen molar-refractivity contribution in [2.45, 2.75) is 12.5 Å². The predicted molar refractivity (Wildman–Crippen MR) is 52.6 cm³/mol. The number of hydrogen-bond acceptors (Lipinski definition) is 2. The number of hydrogen-bond donors (Lipinski definition) is 1. The monoisotopic (exact) mass is 233 g/mol. The minimum atomic E-state index is -5.32. The third kappa shape index (κ3) is 8.34. The quantitative estimate of drug-likeness (QED) is 0.347. The van der Waals surface area contributed by atoms with Gasteiger partial charge in [-0.25, -0.2) is 12.3 Å². The van der Waals surface area contributed by atoms with Gasteiger partial charge >= 0.3 is 9.08 Å². The van der Waals surface area contributed by atoms with Crippen LogP contribution in [0.1, 0.15) is 6.42 Å². The lowest BCUT2D eigenvalue weighted by atomic mass is 10.6. The molecule has 0 spiro atoms. The van der Waals surface area contributed by atoms with Crippen molar-refractivity contribution in [3.05, 3.63) is 0 Å². The van der Waals surface area contributed by atoms with Crippen LogP contribution in [0.4, 0.5) is 12.3 Å². The second-order valence-electron chi connectivity index (χ2n) is 2.10. The van der Waals surface area contributed by atoms with Gasteiger partial charge in [0.1, 0.15) is 4.32 Å². The first-order chi connectivity index (χ1) is 5.45. The fraction of sp³-hybridized carbons (Fsp3) is 0.800. The molecule has 0 aromatic rings. The zero-order chi connectivity index (χ0) is 9.61. The summed E-state index contributed by atoms with van der Waals surface area (Å²) in [6.45, 7) is 0. The third-order valence-corrected chi connectivity index (χ3v) is 3.48. The van der Waals surface area contributed by atoms with Crippen LogP contribution < -0.4 is 5.32 Å². The van der Waals surface area contributed by atoms with Crippen LogP contribution in [0, 0.1) is 0 Å². The van der Waals surface area contributed by atoms with Gasteiger partial charge < -0.3 is 5.32 Å². The van der Waals surface area contributed by atoms with Crippen molar-refractivity contribution in [3.63, 3.8) is 0 Å². The van der Waals surface area contributed by atoms with Gasteiger partial charge in [0.2, 0.25) is 0 Å². The highest BCUT2D eigenvalue weighted by atomic mass is 32.2. The Labute approximate surface area is 80.6 Å². The van der Waals surface area contributed by atoms with E-state index in [9.17, 15) is 12.3 Å². The highest BCUT2D eigenvalue weighted by molar-refractivity contribution is 8.22. The zero-order valence-electron chi connectivity index (χ0n) is 6.57. The van der Waals surface area contributed by atoms with Crippen LogP contribution in [0.2, 0.25) is 6.04 Å². The van der Waals surface area contributed by atoms with Crippen molar-refractivity contribution >= 4 is 37.4 Å². The summed E-state index contributed by atoms with van der Waals surface area (Å²) >= 11 is 6.00. The maximum Gasteiger partial charge on any atom is 0.616 e. The molecule has 0 saturated heterocycles. The zero-order valence-corrected chi connectivity index (χ0v) is 9.20. The minimum Gasteiger partial charge on any atom is -0.374 e. The van der Waals surface area contributed by atoms with Gasteiger partial charge in [-0.3, -0.25) is 0 Å². The van der Waals surface area contributed by atoms with Gasteiger partial charge in [0.05, 0.1) is 0 Å². The molecule has 0 amide bonds. The molecule has 0 aliphatic rings. The Bertz CT molecular complexity index is 150. The standard InChI is InChI=1S/C5H10F3NS2Si/c1-9-5(10)11-3-2-4-12(6,7)8/h2-4H2,1H3,(H,9,10). The van der Waals surface area contributed by atoms with Crippen LogP contribution >= 0.6 is 24.0 Å². The van der Waals surface area contributed by atoms with Gasteiger partial charge in [0.15, 0.2) is 0 Å². The molecule has 0 rings (SSSR count). The molecule has 0 bridgehead atoms. The lowest BCUT2D eigenvalue weighted by Gasteiger charge is -2.02. The van der Waals surface area contributed by atoms with Crippen molar-refractivity contribution in [3.8, 4) is 0 Å². The summed E-state index contributed by atoms with van der Waals surface area (Å²) in [7, 11) is -3.66. The van der Waals surface area contributed by atoms with Crippen LogP contribution in [0.5, 0.6) is 0 Å². The average molecular weight is 233 g/mol. The van der Waals surface area contributed by atoms with Crippen molar-refractivity contribution in [2.75, 3.05) is 12.8 Å². The van der Waals surface area contributed by atoms with Gasteiger partial charge in [-0.15, -0.1) is 0 Å². The van der Waals surface area contributed by atoms with Crippen LogP contribution in [-0.2, 0) is 0 Å². The molecule has 1 N–H and O–H groups in total. The van der Waals surface area contributed by atoms with E-state index in [0.717, 1.165) is 0 Å².